The molecule has 0 aliphatic heterocycles. The van der Waals surface area contributed by atoms with Crippen molar-refractivity contribution in [3.05, 3.63) is 53.3 Å². The molecule has 0 bridgehead atoms. The number of aromatic nitrogens is 1. The predicted molar refractivity (Wildman–Crippen MR) is 90.8 cm³/mol. The van der Waals surface area contributed by atoms with E-state index in [9.17, 15) is 4.79 Å². The second-order valence-electron chi connectivity index (χ2n) is 5.17. The van der Waals surface area contributed by atoms with Gasteiger partial charge in [-0.05, 0) is 36.8 Å². The van der Waals surface area contributed by atoms with E-state index >= 15 is 0 Å². The lowest BCUT2D eigenvalue weighted by Crippen LogP contribution is -2.27. The van der Waals surface area contributed by atoms with E-state index in [4.69, 9.17) is 11.6 Å². The van der Waals surface area contributed by atoms with Crippen molar-refractivity contribution in [2.24, 2.45) is 0 Å². The molecular formula is C17H20ClN3O. The maximum atomic E-state index is 12.3. The first-order valence-corrected chi connectivity index (χ1v) is 7.71. The van der Waals surface area contributed by atoms with Crippen LogP contribution in [0.2, 0.25) is 5.02 Å². The van der Waals surface area contributed by atoms with Gasteiger partial charge in [0.15, 0.2) is 0 Å². The molecule has 0 saturated heterocycles. The third-order valence-electron chi connectivity index (χ3n) is 3.31. The quantitative estimate of drug-likeness (QED) is 0.861. The summed E-state index contributed by atoms with van der Waals surface area (Å²) in [5.41, 5.74) is 2.25. The molecule has 1 N–H and O–H groups in total. The third kappa shape index (κ3) is 4.46. The average molecular weight is 318 g/mol. The van der Waals surface area contributed by atoms with Gasteiger partial charge in [-0.3, -0.25) is 9.78 Å². The Morgan fingerprint density at radius 3 is 2.64 bits per heavy atom. The molecule has 2 rings (SSSR count). The number of anilines is 2. The van der Waals surface area contributed by atoms with Gasteiger partial charge in [-0.25, -0.2) is 0 Å². The smallest absolute Gasteiger partial charge is 0.255 e. The molecule has 0 aliphatic carbocycles. The van der Waals surface area contributed by atoms with Gasteiger partial charge in [0.2, 0.25) is 0 Å². The fourth-order valence-corrected chi connectivity index (χ4v) is 2.17. The summed E-state index contributed by atoms with van der Waals surface area (Å²) in [4.78, 5) is 18.2. The van der Waals surface area contributed by atoms with Crippen LogP contribution in [-0.2, 0) is 0 Å². The zero-order valence-corrected chi connectivity index (χ0v) is 13.6. The second-order valence-corrected chi connectivity index (χ2v) is 5.61. The number of carbonyl (C=O) groups is 1. The van der Waals surface area contributed by atoms with Crippen LogP contribution in [-0.4, -0.2) is 29.4 Å². The lowest BCUT2D eigenvalue weighted by atomic mass is 10.2. The Labute approximate surface area is 136 Å². The molecule has 116 valence electrons. The summed E-state index contributed by atoms with van der Waals surface area (Å²) in [5.74, 6) is -0.0132. The molecule has 0 fully saturated rings. The van der Waals surface area contributed by atoms with E-state index in [2.05, 4.69) is 17.2 Å². The van der Waals surface area contributed by atoms with Crippen molar-refractivity contribution in [3.8, 4) is 0 Å². The number of benzene rings is 1. The highest BCUT2D eigenvalue weighted by Gasteiger charge is 2.12. The molecular weight excluding hydrogens is 298 g/mol. The van der Waals surface area contributed by atoms with Crippen molar-refractivity contribution in [2.75, 3.05) is 18.9 Å². The van der Waals surface area contributed by atoms with Gasteiger partial charge in [0.05, 0.1) is 17.4 Å². The van der Waals surface area contributed by atoms with Crippen molar-refractivity contribution >= 4 is 28.9 Å². The Bertz CT molecular complexity index is 628. The van der Waals surface area contributed by atoms with E-state index in [-0.39, 0.29) is 5.91 Å². The molecule has 1 amide bonds. The van der Waals surface area contributed by atoms with Gasteiger partial charge >= 0.3 is 0 Å². The predicted octanol–water partition coefficient (Wildman–Crippen LogP) is 4.35. The van der Waals surface area contributed by atoms with Crippen LogP contribution in [0.1, 0.15) is 30.1 Å². The Kier molecular flexibility index (Phi) is 5.78. The van der Waals surface area contributed by atoms with Crippen LogP contribution in [0.15, 0.2) is 42.7 Å². The Morgan fingerprint density at radius 1 is 1.23 bits per heavy atom. The van der Waals surface area contributed by atoms with Crippen LogP contribution in [0.25, 0.3) is 0 Å². The second kappa shape index (κ2) is 7.80. The number of halogens is 1. The Morgan fingerprint density at radius 2 is 1.95 bits per heavy atom. The van der Waals surface area contributed by atoms with Gasteiger partial charge in [0.25, 0.3) is 5.91 Å². The van der Waals surface area contributed by atoms with Crippen molar-refractivity contribution in [2.45, 2.75) is 19.8 Å². The molecule has 0 spiro atoms. The number of carbonyl (C=O) groups excluding carboxylic acids is 1. The van der Waals surface area contributed by atoms with Crippen molar-refractivity contribution in [1.29, 1.82) is 0 Å². The topological polar surface area (TPSA) is 45.2 Å². The van der Waals surface area contributed by atoms with E-state index in [0.717, 1.165) is 30.8 Å². The number of hydrogen-bond donors (Lipinski definition) is 1. The molecule has 0 radical (unpaired) electrons. The van der Waals surface area contributed by atoms with Gasteiger partial charge in [0, 0.05) is 30.5 Å². The number of amides is 1. The summed E-state index contributed by atoms with van der Waals surface area (Å²) in [6, 6.07) is 9.19. The third-order valence-corrected chi connectivity index (χ3v) is 3.56. The van der Waals surface area contributed by atoms with Gasteiger partial charge < -0.3 is 10.2 Å². The number of rotatable bonds is 6. The largest absolute Gasteiger partial charge is 0.354 e. The summed E-state index contributed by atoms with van der Waals surface area (Å²) in [5, 5.41) is 3.90. The van der Waals surface area contributed by atoms with Gasteiger partial charge in [0.1, 0.15) is 0 Å². The van der Waals surface area contributed by atoms with Gasteiger partial charge in [-0.2, -0.15) is 0 Å². The highest BCUT2D eigenvalue weighted by atomic mass is 35.5. The van der Waals surface area contributed by atoms with Crippen LogP contribution in [0.4, 0.5) is 11.4 Å². The van der Waals surface area contributed by atoms with E-state index < -0.39 is 0 Å². The highest BCUT2D eigenvalue weighted by Crippen LogP contribution is 2.19. The minimum Gasteiger partial charge on any atom is -0.354 e. The normalized spacial score (nSPS) is 10.3. The highest BCUT2D eigenvalue weighted by molar-refractivity contribution is 6.30. The standard InChI is InChI=1S/C17H20ClN3O/c1-3-4-9-21(2)17(22)13-10-16(12-19-11-13)20-15-7-5-14(18)6-8-15/h5-8,10-12,20H,3-4,9H2,1-2H3. The fraction of sp³-hybridized carbons (Fsp3) is 0.294. The van der Waals surface area contributed by atoms with Gasteiger partial charge in [-0.1, -0.05) is 24.9 Å². The number of unbranched alkanes of at least 4 members (excludes halogenated alkanes) is 1. The number of hydrogen-bond acceptors (Lipinski definition) is 3. The molecule has 5 heteroatoms. The van der Waals surface area contributed by atoms with Crippen LogP contribution >= 0.6 is 11.6 Å². The fourth-order valence-electron chi connectivity index (χ4n) is 2.04. The molecule has 2 aromatic rings. The number of pyridine rings is 1. The molecule has 4 nitrogen and oxygen atoms in total. The number of nitrogens with zero attached hydrogens (tertiary/aromatic N) is 2. The molecule has 0 aliphatic rings. The number of nitrogens with one attached hydrogen (secondary N) is 1. The Balaban J connectivity index is 2.09. The van der Waals surface area contributed by atoms with Crippen molar-refractivity contribution < 1.29 is 4.79 Å². The van der Waals surface area contributed by atoms with E-state index in [0.29, 0.717) is 10.6 Å². The minimum absolute atomic E-state index is 0.0132. The molecule has 1 aromatic carbocycles. The zero-order valence-electron chi connectivity index (χ0n) is 12.8. The maximum absolute atomic E-state index is 12.3. The first-order valence-electron chi connectivity index (χ1n) is 7.33. The zero-order chi connectivity index (χ0) is 15.9. The van der Waals surface area contributed by atoms with Crippen molar-refractivity contribution in [1.82, 2.24) is 9.88 Å². The monoisotopic (exact) mass is 317 g/mol. The minimum atomic E-state index is -0.0132. The molecule has 22 heavy (non-hydrogen) atoms. The van der Waals surface area contributed by atoms with E-state index in [1.165, 1.54) is 0 Å². The maximum Gasteiger partial charge on any atom is 0.255 e. The van der Waals surface area contributed by atoms with Crippen molar-refractivity contribution in [3.63, 3.8) is 0 Å². The van der Waals surface area contributed by atoms with Gasteiger partial charge in [-0.15, -0.1) is 0 Å². The SMILES string of the molecule is CCCCN(C)C(=O)c1cncc(Nc2ccc(Cl)cc2)c1. The summed E-state index contributed by atoms with van der Waals surface area (Å²) in [7, 11) is 1.82. The first kappa shape index (κ1) is 16.3. The van der Waals surface area contributed by atoms with Crippen LogP contribution in [0, 0.1) is 0 Å². The summed E-state index contributed by atoms with van der Waals surface area (Å²) < 4.78 is 0. The van der Waals surface area contributed by atoms with Crippen LogP contribution in [0.3, 0.4) is 0 Å². The summed E-state index contributed by atoms with van der Waals surface area (Å²) in [6.07, 6.45) is 5.35. The Hall–Kier alpha value is -2.07. The van der Waals surface area contributed by atoms with E-state index in [1.54, 1.807) is 17.3 Å². The lowest BCUT2D eigenvalue weighted by Gasteiger charge is -2.17. The van der Waals surface area contributed by atoms with E-state index in [1.807, 2.05) is 37.4 Å². The van der Waals surface area contributed by atoms with Crippen LogP contribution in [0.5, 0.6) is 0 Å². The molecule has 1 heterocycles. The summed E-state index contributed by atoms with van der Waals surface area (Å²) in [6.45, 7) is 2.86. The molecule has 0 unspecified atom stereocenters. The summed E-state index contributed by atoms with van der Waals surface area (Å²) >= 11 is 5.87. The molecule has 0 saturated carbocycles. The molecule has 0 atom stereocenters. The first-order chi connectivity index (χ1) is 10.6. The lowest BCUT2D eigenvalue weighted by molar-refractivity contribution is 0.0793. The average Bonchev–Trinajstić information content (AvgIpc) is 2.54. The molecule has 1 aromatic heterocycles. The van der Waals surface area contributed by atoms with Crippen LogP contribution < -0.4 is 5.32 Å².